The monoisotopic (exact) mass is 343 g/mol. The highest BCUT2D eigenvalue weighted by Gasteiger charge is 2.49. The van der Waals surface area contributed by atoms with Crippen LogP contribution in [0.5, 0.6) is 0 Å². The Balaban J connectivity index is 1.78. The maximum atomic E-state index is 12.7. The third-order valence-corrected chi connectivity index (χ3v) is 4.80. The van der Waals surface area contributed by atoms with Crippen molar-refractivity contribution in [1.82, 2.24) is 10.3 Å². The van der Waals surface area contributed by atoms with E-state index in [2.05, 4.69) is 10.3 Å². The molecule has 1 saturated carbocycles. The van der Waals surface area contributed by atoms with Gasteiger partial charge in [-0.1, -0.05) is 0 Å². The zero-order valence-electron chi connectivity index (χ0n) is 13.3. The Labute approximate surface area is 138 Å². The Hall–Kier alpha value is -1.83. The molecule has 3 rings (SSSR count). The van der Waals surface area contributed by atoms with Gasteiger partial charge >= 0.3 is 6.18 Å². The largest absolute Gasteiger partial charge is 0.417 e. The first-order valence-electron chi connectivity index (χ1n) is 8.00. The summed E-state index contributed by atoms with van der Waals surface area (Å²) in [5, 5.41) is 2.83. The van der Waals surface area contributed by atoms with Gasteiger partial charge < -0.3 is 15.0 Å². The van der Waals surface area contributed by atoms with Crippen LogP contribution in [-0.4, -0.2) is 43.2 Å². The lowest BCUT2D eigenvalue weighted by Crippen LogP contribution is -2.51. The van der Waals surface area contributed by atoms with Gasteiger partial charge in [-0.2, -0.15) is 13.2 Å². The summed E-state index contributed by atoms with van der Waals surface area (Å²) in [5.41, 5.74) is -0.781. The minimum absolute atomic E-state index is 0.110. The molecule has 5 nitrogen and oxygen atoms in total. The number of fused-ring (bicyclic) bond motifs is 2. The summed E-state index contributed by atoms with van der Waals surface area (Å²) in [6.07, 6.45) is -0.794. The molecule has 1 aliphatic carbocycles. The quantitative estimate of drug-likeness (QED) is 0.833. The van der Waals surface area contributed by atoms with Crippen LogP contribution < -0.4 is 10.2 Å². The zero-order chi connectivity index (χ0) is 17.3. The van der Waals surface area contributed by atoms with Crippen molar-refractivity contribution >= 4 is 11.7 Å². The molecule has 2 fully saturated rings. The van der Waals surface area contributed by atoms with Crippen molar-refractivity contribution in [1.29, 1.82) is 0 Å². The van der Waals surface area contributed by atoms with Crippen molar-refractivity contribution in [3.05, 3.63) is 23.9 Å². The van der Waals surface area contributed by atoms with Crippen LogP contribution in [0.25, 0.3) is 0 Å². The number of nitrogens with zero attached hydrogens (tertiary/aromatic N) is 2. The summed E-state index contributed by atoms with van der Waals surface area (Å²) >= 11 is 0. The van der Waals surface area contributed by atoms with E-state index in [4.69, 9.17) is 4.74 Å². The second-order valence-corrected chi connectivity index (χ2v) is 6.27. The summed E-state index contributed by atoms with van der Waals surface area (Å²) in [4.78, 5) is 18.4. The Morgan fingerprint density at radius 1 is 1.42 bits per heavy atom. The van der Waals surface area contributed by atoms with Gasteiger partial charge in [0.05, 0.1) is 12.2 Å². The van der Waals surface area contributed by atoms with Gasteiger partial charge in [0.1, 0.15) is 11.9 Å². The number of methoxy groups -OCH3 is 1. The highest BCUT2D eigenvalue weighted by Crippen LogP contribution is 2.44. The maximum Gasteiger partial charge on any atom is 0.417 e. The van der Waals surface area contributed by atoms with Gasteiger partial charge in [-0.15, -0.1) is 0 Å². The van der Waals surface area contributed by atoms with E-state index in [0.29, 0.717) is 19.0 Å². The van der Waals surface area contributed by atoms with Crippen molar-refractivity contribution < 1.29 is 22.7 Å². The maximum absolute atomic E-state index is 12.7. The minimum atomic E-state index is -4.41. The summed E-state index contributed by atoms with van der Waals surface area (Å²) in [6, 6.07) is 2.18. The summed E-state index contributed by atoms with van der Waals surface area (Å²) in [7, 11) is 1.56. The number of hydrogen-bond donors (Lipinski definition) is 1. The predicted molar refractivity (Wildman–Crippen MR) is 81.5 cm³/mol. The second-order valence-electron chi connectivity index (χ2n) is 6.27. The van der Waals surface area contributed by atoms with E-state index in [-0.39, 0.29) is 23.9 Å². The number of anilines is 1. The lowest BCUT2D eigenvalue weighted by Gasteiger charge is -2.35. The number of nitrogens with one attached hydrogen (secondary N) is 1. The van der Waals surface area contributed by atoms with E-state index in [1.165, 1.54) is 6.07 Å². The fraction of sp³-hybridized carbons (Fsp3) is 0.625. The molecule has 2 bridgehead atoms. The van der Waals surface area contributed by atoms with Gasteiger partial charge in [-0.25, -0.2) is 4.98 Å². The molecule has 1 N–H and O–H groups in total. The Morgan fingerprint density at radius 2 is 2.21 bits per heavy atom. The standard InChI is InChI=1S/C16H20F3N3O2/c1-24-7-6-20-15(23)14-10-2-4-12(8-10)22(14)13-5-3-11(9-21-13)16(17,18)19/h3,5,9-10,12,14H,2,4,6-8H2,1H3,(H,20,23). The minimum Gasteiger partial charge on any atom is -0.383 e. The smallest absolute Gasteiger partial charge is 0.383 e. The van der Waals surface area contributed by atoms with E-state index in [1.807, 2.05) is 4.90 Å². The van der Waals surface area contributed by atoms with Crippen LogP contribution in [0.1, 0.15) is 24.8 Å². The van der Waals surface area contributed by atoms with Gasteiger partial charge in [0.2, 0.25) is 5.91 Å². The molecule has 0 radical (unpaired) electrons. The molecule has 1 aliphatic heterocycles. The number of aromatic nitrogens is 1. The normalized spacial score (nSPS) is 26.0. The summed E-state index contributed by atoms with van der Waals surface area (Å²) < 4.78 is 43.0. The third-order valence-electron chi connectivity index (χ3n) is 4.80. The van der Waals surface area contributed by atoms with Crippen LogP contribution in [0.2, 0.25) is 0 Å². The lowest BCUT2D eigenvalue weighted by molar-refractivity contribution is -0.137. The van der Waals surface area contributed by atoms with Crippen LogP contribution in [0.4, 0.5) is 19.0 Å². The second kappa shape index (κ2) is 6.58. The molecule has 132 valence electrons. The zero-order valence-corrected chi connectivity index (χ0v) is 13.3. The fourth-order valence-corrected chi connectivity index (χ4v) is 3.74. The topological polar surface area (TPSA) is 54.5 Å². The van der Waals surface area contributed by atoms with Gasteiger partial charge in [0.15, 0.2) is 0 Å². The van der Waals surface area contributed by atoms with Gasteiger partial charge in [0.25, 0.3) is 0 Å². The number of hydrogen-bond acceptors (Lipinski definition) is 4. The van der Waals surface area contributed by atoms with Crippen LogP contribution in [0.3, 0.4) is 0 Å². The number of amides is 1. The van der Waals surface area contributed by atoms with Crippen LogP contribution in [0.15, 0.2) is 18.3 Å². The fourth-order valence-electron chi connectivity index (χ4n) is 3.74. The average molecular weight is 343 g/mol. The number of alkyl halides is 3. The number of halogens is 3. The van der Waals surface area contributed by atoms with E-state index >= 15 is 0 Å². The van der Waals surface area contributed by atoms with Crippen molar-refractivity contribution in [3.8, 4) is 0 Å². The molecular weight excluding hydrogens is 323 g/mol. The van der Waals surface area contributed by atoms with Crippen molar-refractivity contribution in [2.75, 3.05) is 25.2 Å². The van der Waals surface area contributed by atoms with Gasteiger partial charge in [-0.05, 0) is 37.3 Å². The number of piperidine rings is 1. The van der Waals surface area contributed by atoms with E-state index in [1.54, 1.807) is 7.11 Å². The van der Waals surface area contributed by atoms with Gasteiger partial charge in [0, 0.05) is 25.9 Å². The summed E-state index contributed by atoms with van der Waals surface area (Å²) in [6.45, 7) is 0.836. The van der Waals surface area contributed by atoms with Crippen LogP contribution in [-0.2, 0) is 15.7 Å². The highest BCUT2D eigenvalue weighted by molar-refractivity contribution is 5.86. The van der Waals surface area contributed by atoms with Crippen molar-refractivity contribution in [2.24, 2.45) is 5.92 Å². The Kier molecular flexibility index (Phi) is 4.67. The molecule has 3 unspecified atom stereocenters. The molecule has 2 aliphatic rings. The third kappa shape index (κ3) is 3.19. The Morgan fingerprint density at radius 3 is 2.83 bits per heavy atom. The lowest BCUT2D eigenvalue weighted by atomic mass is 9.97. The number of carbonyl (C=O) groups excluding carboxylic acids is 1. The molecule has 8 heteroatoms. The van der Waals surface area contributed by atoms with Crippen LogP contribution >= 0.6 is 0 Å². The number of carbonyl (C=O) groups is 1. The number of rotatable bonds is 5. The molecule has 0 spiro atoms. The highest BCUT2D eigenvalue weighted by atomic mass is 19.4. The first-order valence-corrected chi connectivity index (χ1v) is 8.00. The molecule has 1 amide bonds. The Bertz CT molecular complexity index is 591. The van der Waals surface area contributed by atoms with Crippen molar-refractivity contribution in [3.63, 3.8) is 0 Å². The SMILES string of the molecule is COCCNC(=O)C1C2CCC(C2)N1c1ccc(C(F)(F)F)cn1. The molecule has 2 heterocycles. The van der Waals surface area contributed by atoms with Gasteiger partial charge in [-0.3, -0.25) is 4.79 Å². The molecule has 24 heavy (non-hydrogen) atoms. The molecule has 1 aromatic heterocycles. The van der Waals surface area contributed by atoms with E-state index < -0.39 is 11.7 Å². The number of ether oxygens (including phenoxy) is 1. The first kappa shape index (κ1) is 17.0. The number of pyridine rings is 1. The summed E-state index contributed by atoms with van der Waals surface area (Å²) in [5.74, 6) is 0.546. The molecule has 0 aromatic carbocycles. The molecule has 1 saturated heterocycles. The molecule has 1 aromatic rings. The van der Waals surface area contributed by atoms with Crippen LogP contribution in [0, 0.1) is 5.92 Å². The first-order chi connectivity index (χ1) is 11.4. The predicted octanol–water partition coefficient (Wildman–Crippen LogP) is 2.22. The molecular formula is C16H20F3N3O2. The van der Waals surface area contributed by atoms with E-state index in [0.717, 1.165) is 31.5 Å². The van der Waals surface area contributed by atoms with E-state index in [9.17, 15) is 18.0 Å². The molecule has 3 atom stereocenters. The average Bonchev–Trinajstić information content (AvgIpc) is 3.15. The van der Waals surface area contributed by atoms with Crippen molar-refractivity contribution in [2.45, 2.75) is 37.5 Å².